The largest absolute Gasteiger partial charge is 0.460 e. The second-order valence-electron chi connectivity index (χ2n) is 2.05. The van der Waals surface area contributed by atoms with Gasteiger partial charge in [-0.05, 0) is 6.07 Å². The first-order valence-electron chi connectivity index (χ1n) is 3.06. The van der Waals surface area contributed by atoms with Crippen LogP contribution in [0, 0.1) is 0 Å². The third-order valence-electron chi connectivity index (χ3n) is 1.41. The highest BCUT2D eigenvalue weighted by Crippen LogP contribution is 2.06. The fraction of sp³-hybridized carbons (Fsp3) is 0. The SMILES string of the molecule is N/N=c1\[nH]ncc2ccoc12. The van der Waals surface area contributed by atoms with E-state index in [0.717, 1.165) is 5.39 Å². The highest BCUT2D eigenvalue weighted by Gasteiger charge is 1.97. The molecule has 0 fully saturated rings. The Morgan fingerprint density at radius 1 is 1.64 bits per heavy atom. The van der Waals surface area contributed by atoms with Crippen LogP contribution < -0.4 is 11.3 Å². The number of rotatable bonds is 0. The lowest BCUT2D eigenvalue weighted by Crippen LogP contribution is -2.11. The van der Waals surface area contributed by atoms with Crippen LogP contribution in [0.5, 0.6) is 0 Å². The normalized spacial score (nSPS) is 12.5. The van der Waals surface area contributed by atoms with Gasteiger partial charge in [0.25, 0.3) is 0 Å². The Bertz CT molecular complexity index is 427. The summed E-state index contributed by atoms with van der Waals surface area (Å²) in [6.07, 6.45) is 3.21. The van der Waals surface area contributed by atoms with E-state index < -0.39 is 0 Å². The standard InChI is InChI=1S/C6H6N4O/c7-9-6-5-4(1-2-11-5)3-8-10-6/h1-3H,7H2,(H,9,10). The van der Waals surface area contributed by atoms with Gasteiger partial charge >= 0.3 is 0 Å². The van der Waals surface area contributed by atoms with Gasteiger partial charge in [-0.15, -0.1) is 0 Å². The van der Waals surface area contributed by atoms with Crippen molar-refractivity contribution in [1.82, 2.24) is 10.2 Å². The van der Waals surface area contributed by atoms with E-state index in [0.29, 0.717) is 11.1 Å². The molecule has 0 aliphatic rings. The Morgan fingerprint density at radius 2 is 2.55 bits per heavy atom. The first-order valence-corrected chi connectivity index (χ1v) is 3.06. The zero-order valence-corrected chi connectivity index (χ0v) is 5.61. The molecule has 3 N–H and O–H groups in total. The van der Waals surface area contributed by atoms with Crippen LogP contribution in [0.1, 0.15) is 0 Å². The van der Waals surface area contributed by atoms with Gasteiger partial charge in [0.1, 0.15) is 0 Å². The van der Waals surface area contributed by atoms with Crippen molar-refractivity contribution in [2.24, 2.45) is 10.9 Å². The lowest BCUT2D eigenvalue weighted by molar-refractivity contribution is 0.606. The highest BCUT2D eigenvalue weighted by molar-refractivity contribution is 5.74. The summed E-state index contributed by atoms with van der Waals surface area (Å²) in [5.74, 6) is 5.07. The minimum atomic E-state index is 0.451. The molecule has 0 aliphatic heterocycles. The molecule has 0 spiro atoms. The molecule has 0 bridgehead atoms. The number of fused-ring (bicyclic) bond motifs is 1. The summed E-state index contributed by atoms with van der Waals surface area (Å²) < 4.78 is 5.09. The molecule has 5 heteroatoms. The first-order chi connectivity index (χ1) is 5.42. The quantitative estimate of drug-likeness (QED) is 0.407. The maximum absolute atomic E-state index is 5.09. The van der Waals surface area contributed by atoms with Crippen LogP contribution in [-0.4, -0.2) is 10.2 Å². The van der Waals surface area contributed by atoms with Gasteiger partial charge in [0, 0.05) is 5.39 Å². The van der Waals surface area contributed by atoms with E-state index in [9.17, 15) is 0 Å². The average molecular weight is 150 g/mol. The number of hydrogen-bond donors (Lipinski definition) is 2. The molecule has 2 heterocycles. The molecule has 2 aromatic rings. The van der Waals surface area contributed by atoms with E-state index in [1.165, 1.54) is 0 Å². The highest BCUT2D eigenvalue weighted by atomic mass is 16.3. The molecule has 0 saturated carbocycles. The average Bonchev–Trinajstić information content (AvgIpc) is 2.50. The van der Waals surface area contributed by atoms with Gasteiger partial charge in [-0.2, -0.15) is 10.2 Å². The maximum Gasteiger partial charge on any atom is 0.209 e. The Labute approximate surface area is 61.5 Å². The third-order valence-corrected chi connectivity index (χ3v) is 1.41. The van der Waals surface area contributed by atoms with Crippen molar-refractivity contribution >= 4 is 11.0 Å². The molecule has 2 rings (SSSR count). The van der Waals surface area contributed by atoms with Gasteiger partial charge < -0.3 is 10.3 Å². The molecule has 56 valence electrons. The Kier molecular flexibility index (Phi) is 1.15. The summed E-state index contributed by atoms with van der Waals surface area (Å²) in [5, 5.41) is 10.8. The molecule has 0 unspecified atom stereocenters. The fourth-order valence-electron chi connectivity index (χ4n) is 0.915. The minimum absolute atomic E-state index is 0.451. The lowest BCUT2D eigenvalue weighted by atomic mass is 10.4. The Balaban J connectivity index is 3.01. The van der Waals surface area contributed by atoms with Crippen LogP contribution in [-0.2, 0) is 0 Å². The van der Waals surface area contributed by atoms with E-state index in [1.54, 1.807) is 18.5 Å². The van der Waals surface area contributed by atoms with Crippen LogP contribution in [0.4, 0.5) is 0 Å². The van der Waals surface area contributed by atoms with Crippen LogP contribution in [0.3, 0.4) is 0 Å². The predicted octanol–water partition coefficient (Wildman–Crippen LogP) is -0.0697. The van der Waals surface area contributed by atoms with Gasteiger partial charge in [0.15, 0.2) is 5.58 Å². The van der Waals surface area contributed by atoms with E-state index in [1.807, 2.05) is 0 Å². The number of aromatic nitrogens is 2. The van der Waals surface area contributed by atoms with Crippen molar-refractivity contribution < 1.29 is 4.42 Å². The summed E-state index contributed by atoms with van der Waals surface area (Å²) in [5.41, 5.74) is 1.08. The van der Waals surface area contributed by atoms with E-state index in [4.69, 9.17) is 10.3 Å². The number of furan rings is 1. The van der Waals surface area contributed by atoms with Crippen molar-refractivity contribution in [1.29, 1.82) is 0 Å². The minimum Gasteiger partial charge on any atom is -0.460 e. The van der Waals surface area contributed by atoms with Crippen molar-refractivity contribution in [3.8, 4) is 0 Å². The van der Waals surface area contributed by atoms with Crippen LogP contribution in [0.25, 0.3) is 11.0 Å². The Hall–Kier alpha value is -1.78. The smallest absolute Gasteiger partial charge is 0.209 e. The van der Waals surface area contributed by atoms with Crippen molar-refractivity contribution in [3.63, 3.8) is 0 Å². The number of hydrogen-bond acceptors (Lipinski definition) is 4. The Morgan fingerprint density at radius 3 is 3.36 bits per heavy atom. The molecular weight excluding hydrogens is 144 g/mol. The summed E-state index contributed by atoms with van der Waals surface area (Å²) in [7, 11) is 0. The number of nitrogens with two attached hydrogens (primary N) is 1. The van der Waals surface area contributed by atoms with Gasteiger partial charge in [-0.25, -0.2) is 0 Å². The van der Waals surface area contributed by atoms with Crippen molar-refractivity contribution in [2.75, 3.05) is 0 Å². The molecule has 11 heavy (non-hydrogen) atoms. The number of nitrogens with one attached hydrogen (secondary N) is 1. The number of aromatic amines is 1. The molecule has 0 aliphatic carbocycles. The molecule has 2 aromatic heterocycles. The van der Waals surface area contributed by atoms with E-state index in [2.05, 4.69) is 15.3 Å². The van der Waals surface area contributed by atoms with Gasteiger partial charge in [-0.1, -0.05) is 0 Å². The van der Waals surface area contributed by atoms with Gasteiger partial charge in [0.2, 0.25) is 5.49 Å². The molecule has 0 amide bonds. The van der Waals surface area contributed by atoms with E-state index in [-0.39, 0.29) is 0 Å². The summed E-state index contributed by atoms with van der Waals surface area (Å²) >= 11 is 0. The first kappa shape index (κ1) is 5.96. The van der Waals surface area contributed by atoms with E-state index >= 15 is 0 Å². The predicted molar refractivity (Wildman–Crippen MR) is 38.1 cm³/mol. The van der Waals surface area contributed by atoms with Crippen LogP contribution >= 0.6 is 0 Å². The second-order valence-corrected chi connectivity index (χ2v) is 2.05. The van der Waals surface area contributed by atoms with Crippen molar-refractivity contribution in [2.45, 2.75) is 0 Å². The zero-order chi connectivity index (χ0) is 7.68. The summed E-state index contributed by atoms with van der Waals surface area (Å²) in [6.45, 7) is 0. The second kappa shape index (κ2) is 2.12. The maximum atomic E-state index is 5.09. The lowest BCUT2D eigenvalue weighted by Gasteiger charge is -1.86. The molecule has 5 nitrogen and oxygen atoms in total. The molecule has 0 atom stereocenters. The topological polar surface area (TPSA) is 80.2 Å². The van der Waals surface area contributed by atoms with Gasteiger partial charge in [-0.3, -0.25) is 5.10 Å². The number of H-pyrrole nitrogens is 1. The van der Waals surface area contributed by atoms with Crippen LogP contribution in [0.15, 0.2) is 28.0 Å². The zero-order valence-electron chi connectivity index (χ0n) is 5.61. The monoisotopic (exact) mass is 150 g/mol. The van der Waals surface area contributed by atoms with Crippen molar-refractivity contribution in [3.05, 3.63) is 24.0 Å². The fourth-order valence-corrected chi connectivity index (χ4v) is 0.915. The summed E-state index contributed by atoms with van der Waals surface area (Å²) in [4.78, 5) is 0. The van der Waals surface area contributed by atoms with Gasteiger partial charge in [0.05, 0.1) is 12.5 Å². The molecule has 0 aromatic carbocycles. The van der Waals surface area contributed by atoms with Crippen LogP contribution in [0.2, 0.25) is 0 Å². The molecular formula is C6H6N4O. The third kappa shape index (κ3) is 0.778. The molecule has 0 saturated heterocycles. The summed E-state index contributed by atoms with van der Waals surface area (Å²) in [6, 6.07) is 1.80. The molecule has 0 radical (unpaired) electrons. The number of nitrogens with zero attached hydrogens (tertiary/aromatic N) is 2.